The van der Waals surface area contributed by atoms with Crippen LogP contribution in [0, 0.1) is 10.1 Å². The third kappa shape index (κ3) is 6.14. The predicted octanol–water partition coefficient (Wildman–Crippen LogP) is 2.62. The van der Waals surface area contributed by atoms with E-state index in [1.54, 1.807) is 0 Å². The summed E-state index contributed by atoms with van der Waals surface area (Å²) in [7, 11) is 2.01. The fraction of sp³-hybridized carbons (Fsp3) is 0.278. The van der Waals surface area contributed by atoms with Crippen LogP contribution in [0.4, 0.5) is 11.4 Å². The van der Waals surface area contributed by atoms with E-state index >= 15 is 0 Å². The SMILES string of the molecule is CN(CCCNC(=O)COc1ccc([N+](=O)[O-])cc1)c1ccccc1. The van der Waals surface area contributed by atoms with Crippen LogP contribution in [0.1, 0.15) is 6.42 Å². The summed E-state index contributed by atoms with van der Waals surface area (Å²) in [6, 6.07) is 15.7. The molecule has 0 aliphatic rings. The molecule has 1 N–H and O–H groups in total. The predicted molar refractivity (Wildman–Crippen MR) is 95.9 cm³/mol. The number of nitro groups is 1. The molecular weight excluding hydrogens is 322 g/mol. The number of benzene rings is 2. The summed E-state index contributed by atoms with van der Waals surface area (Å²) in [4.78, 5) is 24.0. The Kier molecular flexibility index (Phi) is 6.76. The van der Waals surface area contributed by atoms with Crippen molar-refractivity contribution in [1.82, 2.24) is 5.32 Å². The Hall–Kier alpha value is -3.09. The molecule has 0 saturated carbocycles. The van der Waals surface area contributed by atoms with Gasteiger partial charge in [0.1, 0.15) is 5.75 Å². The van der Waals surface area contributed by atoms with Gasteiger partial charge in [-0.3, -0.25) is 14.9 Å². The Balaban J connectivity index is 1.63. The molecule has 0 atom stereocenters. The second kappa shape index (κ2) is 9.27. The molecule has 0 bridgehead atoms. The minimum Gasteiger partial charge on any atom is -0.484 e. The highest BCUT2D eigenvalue weighted by molar-refractivity contribution is 5.77. The van der Waals surface area contributed by atoms with E-state index < -0.39 is 4.92 Å². The molecule has 0 fully saturated rings. The molecule has 7 heteroatoms. The van der Waals surface area contributed by atoms with Gasteiger partial charge in [0, 0.05) is 38.0 Å². The largest absolute Gasteiger partial charge is 0.484 e. The van der Waals surface area contributed by atoms with Gasteiger partial charge in [0.05, 0.1) is 4.92 Å². The molecule has 7 nitrogen and oxygen atoms in total. The summed E-state index contributed by atoms with van der Waals surface area (Å²) in [6.07, 6.45) is 0.814. The van der Waals surface area contributed by atoms with Crippen molar-refractivity contribution in [3.63, 3.8) is 0 Å². The van der Waals surface area contributed by atoms with Crippen molar-refractivity contribution in [3.05, 3.63) is 64.7 Å². The molecule has 0 aliphatic heterocycles. The second-order valence-corrected chi connectivity index (χ2v) is 5.50. The number of hydrogen-bond donors (Lipinski definition) is 1. The summed E-state index contributed by atoms with van der Waals surface area (Å²) in [5.41, 5.74) is 1.12. The topological polar surface area (TPSA) is 84.7 Å². The number of rotatable bonds is 9. The third-order valence-electron chi connectivity index (χ3n) is 3.61. The minimum absolute atomic E-state index is 0.0145. The lowest BCUT2D eigenvalue weighted by molar-refractivity contribution is -0.384. The maximum atomic E-state index is 11.7. The van der Waals surface area contributed by atoms with Crippen LogP contribution in [-0.2, 0) is 4.79 Å². The Morgan fingerprint density at radius 1 is 1.16 bits per heavy atom. The Labute approximate surface area is 146 Å². The number of carbonyl (C=O) groups is 1. The molecule has 0 aliphatic carbocycles. The van der Waals surface area contributed by atoms with Crippen molar-refractivity contribution in [1.29, 1.82) is 0 Å². The van der Waals surface area contributed by atoms with Crippen molar-refractivity contribution < 1.29 is 14.5 Å². The van der Waals surface area contributed by atoms with Crippen LogP contribution in [0.25, 0.3) is 0 Å². The average molecular weight is 343 g/mol. The van der Waals surface area contributed by atoms with Crippen molar-refractivity contribution >= 4 is 17.3 Å². The van der Waals surface area contributed by atoms with Gasteiger partial charge in [0.15, 0.2) is 6.61 Å². The zero-order valence-electron chi connectivity index (χ0n) is 14.1. The van der Waals surface area contributed by atoms with E-state index in [9.17, 15) is 14.9 Å². The van der Waals surface area contributed by atoms with Gasteiger partial charge >= 0.3 is 0 Å². The fourth-order valence-electron chi connectivity index (χ4n) is 2.22. The van der Waals surface area contributed by atoms with E-state index in [1.807, 2.05) is 37.4 Å². The molecule has 2 aromatic carbocycles. The monoisotopic (exact) mass is 343 g/mol. The van der Waals surface area contributed by atoms with E-state index in [1.165, 1.54) is 24.3 Å². The van der Waals surface area contributed by atoms with E-state index in [0.717, 1.165) is 18.7 Å². The highest BCUT2D eigenvalue weighted by Gasteiger charge is 2.06. The van der Waals surface area contributed by atoms with Crippen LogP contribution in [-0.4, -0.2) is 37.6 Å². The lowest BCUT2D eigenvalue weighted by Gasteiger charge is -2.19. The normalized spacial score (nSPS) is 10.1. The van der Waals surface area contributed by atoms with Crippen molar-refractivity contribution in [2.45, 2.75) is 6.42 Å². The number of ether oxygens (including phenoxy) is 1. The minimum atomic E-state index is -0.483. The van der Waals surface area contributed by atoms with Crippen molar-refractivity contribution in [3.8, 4) is 5.75 Å². The van der Waals surface area contributed by atoms with Gasteiger partial charge in [-0.15, -0.1) is 0 Å². The van der Waals surface area contributed by atoms with Crippen LogP contribution >= 0.6 is 0 Å². The smallest absolute Gasteiger partial charge is 0.269 e. The maximum Gasteiger partial charge on any atom is 0.269 e. The van der Waals surface area contributed by atoms with Gasteiger partial charge in [-0.1, -0.05) is 18.2 Å². The molecule has 2 rings (SSSR count). The lowest BCUT2D eigenvalue weighted by atomic mass is 10.3. The summed E-state index contributed by atoms with van der Waals surface area (Å²) in [5.74, 6) is 0.199. The molecule has 0 aromatic heterocycles. The first-order valence-corrected chi connectivity index (χ1v) is 7.96. The third-order valence-corrected chi connectivity index (χ3v) is 3.61. The average Bonchev–Trinajstić information content (AvgIpc) is 2.64. The first-order valence-electron chi connectivity index (χ1n) is 7.96. The summed E-state index contributed by atoms with van der Waals surface area (Å²) in [5, 5.41) is 13.4. The highest BCUT2D eigenvalue weighted by atomic mass is 16.6. The molecule has 0 spiro atoms. The number of non-ortho nitro benzene ring substituents is 1. The van der Waals surface area contributed by atoms with E-state index in [-0.39, 0.29) is 18.2 Å². The van der Waals surface area contributed by atoms with Gasteiger partial charge in [0.25, 0.3) is 11.6 Å². The number of nitrogens with zero attached hydrogens (tertiary/aromatic N) is 2. The lowest BCUT2D eigenvalue weighted by Crippen LogP contribution is -2.31. The van der Waals surface area contributed by atoms with Gasteiger partial charge in [0.2, 0.25) is 0 Å². The van der Waals surface area contributed by atoms with Gasteiger partial charge < -0.3 is 15.0 Å². The molecule has 0 radical (unpaired) electrons. The fourth-order valence-corrected chi connectivity index (χ4v) is 2.22. The zero-order chi connectivity index (χ0) is 18.1. The first kappa shape index (κ1) is 18.3. The zero-order valence-corrected chi connectivity index (χ0v) is 14.1. The maximum absolute atomic E-state index is 11.7. The number of hydrogen-bond acceptors (Lipinski definition) is 5. The van der Waals surface area contributed by atoms with E-state index in [0.29, 0.717) is 12.3 Å². The highest BCUT2D eigenvalue weighted by Crippen LogP contribution is 2.17. The summed E-state index contributed by atoms with van der Waals surface area (Å²) in [6.45, 7) is 1.26. The van der Waals surface area contributed by atoms with Crippen LogP contribution in [0.3, 0.4) is 0 Å². The van der Waals surface area contributed by atoms with Gasteiger partial charge in [-0.05, 0) is 30.7 Å². The Bertz CT molecular complexity index is 689. The number of nitrogens with one attached hydrogen (secondary N) is 1. The second-order valence-electron chi connectivity index (χ2n) is 5.50. The molecule has 0 unspecified atom stereocenters. The standard InChI is InChI=1S/C18H21N3O4/c1-20(15-6-3-2-4-7-15)13-5-12-19-18(22)14-25-17-10-8-16(9-11-17)21(23)24/h2-4,6-11H,5,12-14H2,1H3,(H,19,22). The number of amides is 1. The van der Waals surface area contributed by atoms with Crippen LogP contribution < -0.4 is 15.0 Å². The van der Waals surface area contributed by atoms with E-state index in [4.69, 9.17) is 4.74 Å². The molecule has 1 amide bonds. The molecule has 132 valence electrons. The quantitative estimate of drug-likeness (QED) is 0.430. The summed E-state index contributed by atoms with van der Waals surface area (Å²) < 4.78 is 5.30. The van der Waals surface area contributed by atoms with Crippen molar-refractivity contribution in [2.75, 3.05) is 31.6 Å². The molecule has 25 heavy (non-hydrogen) atoms. The molecule has 2 aromatic rings. The Morgan fingerprint density at radius 3 is 2.48 bits per heavy atom. The number of para-hydroxylation sites is 1. The molecule has 0 saturated heterocycles. The number of anilines is 1. The number of carbonyl (C=O) groups excluding carboxylic acids is 1. The molecular formula is C18H21N3O4. The van der Waals surface area contributed by atoms with Crippen LogP contribution in [0.5, 0.6) is 5.75 Å². The van der Waals surface area contributed by atoms with Gasteiger partial charge in [-0.2, -0.15) is 0 Å². The Morgan fingerprint density at radius 2 is 1.84 bits per heavy atom. The summed E-state index contributed by atoms with van der Waals surface area (Å²) >= 11 is 0. The van der Waals surface area contributed by atoms with Crippen LogP contribution in [0.15, 0.2) is 54.6 Å². The molecule has 0 heterocycles. The number of nitro benzene ring substituents is 1. The van der Waals surface area contributed by atoms with Crippen molar-refractivity contribution in [2.24, 2.45) is 0 Å². The van der Waals surface area contributed by atoms with Gasteiger partial charge in [-0.25, -0.2) is 0 Å². The van der Waals surface area contributed by atoms with Crippen LogP contribution in [0.2, 0.25) is 0 Å². The van der Waals surface area contributed by atoms with E-state index in [2.05, 4.69) is 10.2 Å². The first-order chi connectivity index (χ1) is 12.1.